The van der Waals surface area contributed by atoms with Gasteiger partial charge in [0.15, 0.2) is 0 Å². The number of carbonyl (C=O) groups is 1. The average Bonchev–Trinajstić information content (AvgIpc) is 2.34. The first-order valence-electron chi connectivity index (χ1n) is 5.81. The molecular weight excluding hydrogens is 334 g/mol. The van der Waals surface area contributed by atoms with Gasteiger partial charge < -0.3 is 5.11 Å². The topological polar surface area (TPSA) is 83.5 Å². The summed E-state index contributed by atoms with van der Waals surface area (Å²) in [6, 6.07) is 6.54. The third-order valence-electron chi connectivity index (χ3n) is 2.65. The Morgan fingerprint density at radius 3 is 2.63 bits per heavy atom. The molecule has 0 bridgehead atoms. The van der Waals surface area contributed by atoms with Crippen LogP contribution in [-0.4, -0.2) is 26.0 Å². The lowest BCUT2D eigenvalue weighted by molar-refractivity contribution is -0.141. The van der Waals surface area contributed by atoms with Crippen LogP contribution in [0.15, 0.2) is 33.6 Å². The number of sulfonamides is 1. The van der Waals surface area contributed by atoms with Crippen molar-refractivity contribution in [3.8, 4) is 0 Å². The maximum absolute atomic E-state index is 12.0. The smallest absolute Gasteiger partial charge is 0.306 e. The maximum atomic E-state index is 12.0. The van der Waals surface area contributed by atoms with E-state index in [4.69, 9.17) is 5.11 Å². The summed E-state index contributed by atoms with van der Waals surface area (Å²) in [5, 5.41) is 8.71. The van der Waals surface area contributed by atoms with Crippen LogP contribution in [0.25, 0.3) is 0 Å². The number of carboxylic acids is 1. The van der Waals surface area contributed by atoms with E-state index in [-0.39, 0.29) is 11.4 Å². The second kappa shape index (κ2) is 7.02. The largest absolute Gasteiger partial charge is 0.481 e. The van der Waals surface area contributed by atoms with Gasteiger partial charge in [-0.15, -0.1) is 0 Å². The summed E-state index contributed by atoms with van der Waals surface area (Å²) in [6.07, 6.45) is 0.922. The van der Waals surface area contributed by atoms with Gasteiger partial charge in [-0.3, -0.25) is 4.79 Å². The Morgan fingerprint density at radius 1 is 1.42 bits per heavy atom. The van der Waals surface area contributed by atoms with Crippen molar-refractivity contribution in [1.29, 1.82) is 0 Å². The summed E-state index contributed by atoms with van der Waals surface area (Å²) < 4.78 is 26.9. The Morgan fingerprint density at radius 2 is 2.05 bits per heavy atom. The molecule has 19 heavy (non-hydrogen) atoms. The highest BCUT2D eigenvalue weighted by Gasteiger charge is 2.17. The van der Waals surface area contributed by atoms with Crippen molar-refractivity contribution in [3.05, 3.63) is 28.7 Å². The van der Waals surface area contributed by atoms with Gasteiger partial charge in [-0.25, -0.2) is 13.1 Å². The molecule has 1 aromatic rings. The van der Waals surface area contributed by atoms with Gasteiger partial charge in [-0.1, -0.05) is 19.1 Å². The van der Waals surface area contributed by atoms with Crippen LogP contribution in [-0.2, 0) is 14.8 Å². The first-order chi connectivity index (χ1) is 8.84. The molecule has 106 valence electrons. The van der Waals surface area contributed by atoms with Crippen LogP contribution in [0.5, 0.6) is 0 Å². The van der Waals surface area contributed by atoms with Gasteiger partial charge in [0, 0.05) is 11.0 Å². The SMILES string of the molecule is CC(CCCNS(=O)(=O)c1ccccc1Br)C(=O)O. The number of halogens is 1. The lowest BCUT2D eigenvalue weighted by Crippen LogP contribution is -2.25. The molecule has 0 saturated carbocycles. The van der Waals surface area contributed by atoms with Crippen molar-refractivity contribution in [3.63, 3.8) is 0 Å². The Hall–Kier alpha value is -0.920. The minimum atomic E-state index is -3.55. The highest BCUT2D eigenvalue weighted by Crippen LogP contribution is 2.20. The Labute approximate surface area is 121 Å². The van der Waals surface area contributed by atoms with E-state index in [0.717, 1.165) is 0 Å². The van der Waals surface area contributed by atoms with Crippen molar-refractivity contribution >= 4 is 31.9 Å². The molecule has 0 aliphatic rings. The zero-order valence-electron chi connectivity index (χ0n) is 10.5. The number of benzene rings is 1. The van der Waals surface area contributed by atoms with Crippen molar-refractivity contribution in [2.75, 3.05) is 6.54 Å². The number of nitrogens with one attached hydrogen (secondary N) is 1. The molecule has 0 radical (unpaired) electrons. The fourth-order valence-electron chi connectivity index (χ4n) is 1.48. The highest BCUT2D eigenvalue weighted by atomic mass is 79.9. The van der Waals surface area contributed by atoms with Crippen LogP contribution in [0.3, 0.4) is 0 Å². The lowest BCUT2D eigenvalue weighted by Gasteiger charge is -2.09. The van der Waals surface area contributed by atoms with Crippen LogP contribution in [0.1, 0.15) is 19.8 Å². The molecule has 0 aliphatic heterocycles. The van der Waals surface area contributed by atoms with Gasteiger partial charge in [0.25, 0.3) is 0 Å². The highest BCUT2D eigenvalue weighted by molar-refractivity contribution is 9.10. The monoisotopic (exact) mass is 349 g/mol. The Bertz CT molecular complexity index is 544. The first-order valence-corrected chi connectivity index (χ1v) is 8.09. The van der Waals surface area contributed by atoms with E-state index in [0.29, 0.717) is 17.3 Å². The van der Waals surface area contributed by atoms with Crippen LogP contribution in [0, 0.1) is 5.92 Å². The molecule has 0 aliphatic carbocycles. The number of aliphatic carboxylic acids is 1. The average molecular weight is 350 g/mol. The molecule has 5 nitrogen and oxygen atoms in total. The Balaban J connectivity index is 2.53. The lowest BCUT2D eigenvalue weighted by atomic mass is 10.1. The molecule has 0 fully saturated rings. The predicted molar refractivity (Wildman–Crippen MR) is 75.4 cm³/mol. The van der Waals surface area contributed by atoms with E-state index in [9.17, 15) is 13.2 Å². The standard InChI is InChI=1S/C12H16BrNO4S/c1-9(12(15)16)5-4-8-14-19(17,18)11-7-3-2-6-10(11)13/h2-3,6-7,9,14H,4-5,8H2,1H3,(H,15,16). The molecule has 0 spiro atoms. The van der Waals surface area contributed by atoms with E-state index in [1.54, 1.807) is 25.1 Å². The van der Waals surface area contributed by atoms with Gasteiger partial charge >= 0.3 is 5.97 Å². The van der Waals surface area contributed by atoms with Gasteiger partial charge in [-0.05, 0) is 40.9 Å². The quantitative estimate of drug-likeness (QED) is 0.739. The fourth-order valence-corrected chi connectivity index (χ4v) is 3.55. The number of hydrogen-bond donors (Lipinski definition) is 2. The zero-order chi connectivity index (χ0) is 14.5. The van der Waals surface area contributed by atoms with E-state index in [1.165, 1.54) is 6.07 Å². The normalized spacial score (nSPS) is 13.2. The van der Waals surface area contributed by atoms with Crippen LogP contribution < -0.4 is 4.72 Å². The van der Waals surface area contributed by atoms with Gasteiger partial charge in [0.2, 0.25) is 10.0 Å². The van der Waals surface area contributed by atoms with Crippen molar-refractivity contribution in [2.24, 2.45) is 5.92 Å². The van der Waals surface area contributed by atoms with Gasteiger partial charge in [0.05, 0.1) is 10.8 Å². The summed E-state index contributed by atoms with van der Waals surface area (Å²) in [5.74, 6) is -1.33. The second-order valence-electron chi connectivity index (χ2n) is 4.21. The summed E-state index contributed by atoms with van der Waals surface area (Å²) >= 11 is 3.19. The number of carboxylic acid groups (broad SMARTS) is 1. The number of rotatable bonds is 7. The molecule has 0 aromatic heterocycles. The maximum Gasteiger partial charge on any atom is 0.306 e. The summed E-state index contributed by atoms with van der Waals surface area (Å²) in [7, 11) is -3.55. The molecule has 1 atom stereocenters. The van der Waals surface area contributed by atoms with E-state index in [2.05, 4.69) is 20.7 Å². The molecule has 1 aromatic carbocycles. The third kappa shape index (κ3) is 4.93. The molecule has 7 heteroatoms. The first kappa shape index (κ1) is 16.1. The summed E-state index contributed by atoms with van der Waals surface area (Å²) in [5.41, 5.74) is 0. The minimum Gasteiger partial charge on any atom is -0.481 e. The van der Waals surface area contributed by atoms with Crippen molar-refractivity contribution in [1.82, 2.24) is 4.72 Å². The zero-order valence-corrected chi connectivity index (χ0v) is 12.9. The fraction of sp³-hybridized carbons (Fsp3) is 0.417. The minimum absolute atomic E-state index is 0.182. The molecule has 0 saturated heterocycles. The third-order valence-corrected chi connectivity index (χ3v) is 5.13. The Kier molecular flexibility index (Phi) is 5.96. The molecular formula is C12H16BrNO4S. The van der Waals surface area contributed by atoms with Gasteiger partial charge in [0.1, 0.15) is 0 Å². The second-order valence-corrected chi connectivity index (χ2v) is 6.80. The van der Waals surface area contributed by atoms with E-state index < -0.39 is 21.9 Å². The summed E-state index contributed by atoms with van der Waals surface area (Å²) in [4.78, 5) is 10.8. The molecule has 2 N–H and O–H groups in total. The van der Waals surface area contributed by atoms with Crippen molar-refractivity contribution in [2.45, 2.75) is 24.7 Å². The number of hydrogen-bond acceptors (Lipinski definition) is 3. The molecule has 1 unspecified atom stereocenters. The van der Waals surface area contributed by atoms with Gasteiger partial charge in [-0.2, -0.15) is 0 Å². The molecule has 0 heterocycles. The van der Waals surface area contributed by atoms with Crippen LogP contribution >= 0.6 is 15.9 Å². The van der Waals surface area contributed by atoms with Crippen molar-refractivity contribution < 1.29 is 18.3 Å². The molecule has 1 rings (SSSR count). The van der Waals surface area contributed by atoms with Crippen LogP contribution in [0.2, 0.25) is 0 Å². The predicted octanol–water partition coefficient (Wildman–Crippen LogP) is 2.23. The van der Waals surface area contributed by atoms with Crippen LogP contribution in [0.4, 0.5) is 0 Å². The molecule has 0 amide bonds. The van der Waals surface area contributed by atoms with E-state index >= 15 is 0 Å². The summed E-state index contributed by atoms with van der Waals surface area (Å²) in [6.45, 7) is 1.83. The van der Waals surface area contributed by atoms with E-state index in [1.807, 2.05) is 0 Å².